The van der Waals surface area contributed by atoms with Gasteiger partial charge in [-0.1, -0.05) is 17.7 Å². The van der Waals surface area contributed by atoms with Crippen LogP contribution in [0.5, 0.6) is 5.75 Å². The molecule has 1 atom stereocenters. The maximum atomic E-state index is 6.02. The number of hydrogen-bond donors (Lipinski definition) is 1. The van der Waals surface area contributed by atoms with Gasteiger partial charge in [0.2, 0.25) is 0 Å². The van der Waals surface area contributed by atoms with Crippen molar-refractivity contribution in [3.63, 3.8) is 0 Å². The Kier molecular flexibility index (Phi) is 4.71. The minimum absolute atomic E-state index is 0.193. The summed E-state index contributed by atoms with van der Waals surface area (Å²) in [5.41, 5.74) is 2.87. The first kappa shape index (κ1) is 15.3. The Labute approximate surface area is 123 Å². The molecule has 1 unspecified atom stereocenters. The Morgan fingerprint density at radius 2 is 2.10 bits per heavy atom. The zero-order chi connectivity index (χ0) is 14.8. The average Bonchev–Trinajstić information content (AvgIpc) is 2.68. The summed E-state index contributed by atoms with van der Waals surface area (Å²) in [6.07, 6.45) is 1.33. The summed E-state index contributed by atoms with van der Waals surface area (Å²) in [6.45, 7) is 11.8. The second-order valence-corrected chi connectivity index (χ2v) is 6.99. The van der Waals surface area contributed by atoms with Gasteiger partial charge in [0.25, 0.3) is 0 Å². The quantitative estimate of drug-likeness (QED) is 0.895. The fourth-order valence-electron chi connectivity index (χ4n) is 2.61. The molecule has 1 N–H and O–H groups in total. The van der Waals surface area contributed by atoms with Gasteiger partial charge >= 0.3 is 0 Å². The first-order chi connectivity index (χ1) is 9.33. The predicted molar refractivity (Wildman–Crippen MR) is 84.6 cm³/mol. The van der Waals surface area contributed by atoms with E-state index in [1.807, 2.05) is 0 Å². The molecule has 3 heteroatoms. The lowest BCUT2D eigenvalue weighted by molar-refractivity contribution is 0.167. The predicted octanol–water partition coefficient (Wildman–Crippen LogP) is 2.62. The van der Waals surface area contributed by atoms with Crippen LogP contribution in [0.2, 0.25) is 0 Å². The zero-order valence-corrected chi connectivity index (χ0v) is 13.5. The summed E-state index contributed by atoms with van der Waals surface area (Å²) in [7, 11) is 2.17. The fraction of sp³-hybridized carbons (Fsp3) is 0.647. The van der Waals surface area contributed by atoms with Crippen molar-refractivity contribution in [3.8, 4) is 5.75 Å². The molecule has 1 aliphatic rings. The maximum absolute atomic E-state index is 6.02. The van der Waals surface area contributed by atoms with Crippen LogP contribution in [-0.2, 0) is 6.42 Å². The lowest BCUT2D eigenvalue weighted by Crippen LogP contribution is -2.42. The van der Waals surface area contributed by atoms with E-state index in [2.05, 4.69) is 63.2 Å². The highest BCUT2D eigenvalue weighted by Gasteiger charge is 2.23. The van der Waals surface area contributed by atoms with Crippen LogP contribution in [0.3, 0.4) is 0 Å². The molecule has 0 bridgehead atoms. The Morgan fingerprint density at radius 1 is 1.35 bits per heavy atom. The molecular formula is C17H28N2O. The summed E-state index contributed by atoms with van der Waals surface area (Å²) < 4.78 is 6.02. The smallest absolute Gasteiger partial charge is 0.123 e. The summed E-state index contributed by atoms with van der Waals surface area (Å²) in [5.74, 6) is 1.07. The van der Waals surface area contributed by atoms with Crippen LogP contribution in [0.1, 0.15) is 31.9 Å². The number of aryl methyl sites for hydroxylation is 1. The van der Waals surface area contributed by atoms with Gasteiger partial charge in [-0.25, -0.2) is 0 Å². The summed E-state index contributed by atoms with van der Waals surface area (Å²) in [6, 6.07) is 6.47. The highest BCUT2D eigenvalue weighted by atomic mass is 16.5. The SMILES string of the molecule is Cc1ccc2c(c1)CC(CN(C)CCNC(C)(C)C)O2. The van der Waals surface area contributed by atoms with Crippen LogP contribution < -0.4 is 10.1 Å². The number of likely N-dealkylation sites (N-methyl/N-ethyl adjacent to an activating group) is 1. The number of nitrogens with zero attached hydrogens (tertiary/aromatic N) is 1. The van der Waals surface area contributed by atoms with Gasteiger partial charge in [-0.2, -0.15) is 0 Å². The van der Waals surface area contributed by atoms with E-state index in [1.165, 1.54) is 11.1 Å². The molecule has 0 saturated carbocycles. The van der Waals surface area contributed by atoms with Crippen LogP contribution in [0, 0.1) is 6.92 Å². The number of hydrogen-bond acceptors (Lipinski definition) is 3. The number of rotatable bonds is 5. The lowest BCUT2D eigenvalue weighted by Gasteiger charge is -2.25. The molecule has 0 fully saturated rings. The fourth-order valence-corrected chi connectivity index (χ4v) is 2.61. The first-order valence-corrected chi connectivity index (χ1v) is 7.53. The van der Waals surface area contributed by atoms with Crippen molar-refractivity contribution < 1.29 is 4.74 Å². The summed E-state index contributed by atoms with van der Waals surface area (Å²) in [4.78, 5) is 2.35. The van der Waals surface area contributed by atoms with E-state index in [0.717, 1.165) is 31.8 Å². The Hall–Kier alpha value is -1.06. The minimum atomic E-state index is 0.193. The molecule has 2 rings (SSSR count). The van der Waals surface area contributed by atoms with Gasteiger partial charge in [0.1, 0.15) is 11.9 Å². The molecule has 0 aromatic heterocycles. The van der Waals surface area contributed by atoms with E-state index in [9.17, 15) is 0 Å². The van der Waals surface area contributed by atoms with E-state index in [1.54, 1.807) is 0 Å². The summed E-state index contributed by atoms with van der Waals surface area (Å²) in [5, 5.41) is 3.52. The van der Waals surface area contributed by atoms with E-state index >= 15 is 0 Å². The Bertz CT molecular complexity index is 451. The van der Waals surface area contributed by atoms with Gasteiger partial charge in [0, 0.05) is 31.6 Å². The highest BCUT2D eigenvalue weighted by Crippen LogP contribution is 2.29. The van der Waals surface area contributed by atoms with Crippen LogP contribution in [0.25, 0.3) is 0 Å². The molecule has 0 aliphatic carbocycles. The van der Waals surface area contributed by atoms with Gasteiger partial charge in [-0.15, -0.1) is 0 Å². The van der Waals surface area contributed by atoms with Crippen molar-refractivity contribution in [2.24, 2.45) is 0 Å². The number of nitrogens with one attached hydrogen (secondary N) is 1. The van der Waals surface area contributed by atoms with Crippen molar-refractivity contribution in [1.82, 2.24) is 10.2 Å². The molecule has 1 aromatic rings. The summed E-state index contributed by atoms with van der Waals surface area (Å²) >= 11 is 0. The van der Waals surface area contributed by atoms with Crippen molar-refractivity contribution in [2.75, 3.05) is 26.7 Å². The van der Waals surface area contributed by atoms with Crippen LogP contribution in [0.15, 0.2) is 18.2 Å². The molecular weight excluding hydrogens is 248 g/mol. The normalized spacial score (nSPS) is 18.2. The van der Waals surface area contributed by atoms with Crippen molar-refractivity contribution in [1.29, 1.82) is 0 Å². The standard InChI is InChI=1S/C17H28N2O/c1-13-6-7-16-14(10-13)11-15(20-16)12-19(5)9-8-18-17(2,3)4/h6-7,10,15,18H,8-9,11-12H2,1-5H3. The van der Waals surface area contributed by atoms with Crippen molar-refractivity contribution in [2.45, 2.75) is 45.8 Å². The molecule has 1 aliphatic heterocycles. The number of ether oxygens (including phenoxy) is 1. The maximum Gasteiger partial charge on any atom is 0.123 e. The third-order valence-electron chi connectivity index (χ3n) is 3.62. The second kappa shape index (κ2) is 6.15. The van der Waals surface area contributed by atoms with Crippen LogP contribution >= 0.6 is 0 Å². The first-order valence-electron chi connectivity index (χ1n) is 7.53. The second-order valence-electron chi connectivity index (χ2n) is 6.99. The third-order valence-corrected chi connectivity index (χ3v) is 3.62. The molecule has 0 radical (unpaired) electrons. The number of fused-ring (bicyclic) bond motifs is 1. The van der Waals surface area contributed by atoms with Gasteiger partial charge in [0.05, 0.1) is 0 Å². The Morgan fingerprint density at radius 3 is 2.80 bits per heavy atom. The molecule has 20 heavy (non-hydrogen) atoms. The van der Waals surface area contributed by atoms with E-state index < -0.39 is 0 Å². The van der Waals surface area contributed by atoms with E-state index in [4.69, 9.17) is 4.74 Å². The zero-order valence-electron chi connectivity index (χ0n) is 13.5. The van der Waals surface area contributed by atoms with Crippen molar-refractivity contribution in [3.05, 3.63) is 29.3 Å². The van der Waals surface area contributed by atoms with Gasteiger partial charge in [-0.3, -0.25) is 0 Å². The molecule has 1 aromatic carbocycles. The highest BCUT2D eigenvalue weighted by molar-refractivity contribution is 5.40. The minimum Gasteiger partial charge on any atom is -0.488 e. The number of benzene rings is 1. The molecule has 3 nitrogen and oxygen atoms in total. The van der Waals surface area contributed by atoms with Crippen LogP contribution in [0.4, 0.5) is 0 Å². The lowest BCUT2D eigenvalue weighted by atomic mass is 10.1. The van der Waals surface area contributed by atoms with Gasteiger partial charge in [-0.05, 0) is 46.4 Å². The molecule has 0 spiro atoms. The molecule has 0 amide bonds. The van der Waals surface area contributed by atoms with Gasteiger partial charge in [0.15, 0.2) is 0 Å². The van der Waals surface area contributed by atoms with Crippen molar-refractivity contribution >= 4 is 0 Å². The largest absolute Gasteiger partial charge is 0.488 e. The van der Waals surface area contributed by atoms with Crippen LogP contribution in [-0.4, -0.2) is 43.2 Å². The average molecular weight is 276 g/mol. The van der Waals surface area contributed by atoms with E-state index in [-0.39, 0.29) is 5.54 Å². The molecule has 0 saturated heterocycles. The van der Waals surface area contributed by atoms with Gasteiger partial charge < -0.3 is 15.0 Å². The molecule has 112 valence electrons. The monoisotopic (exact) mass is 276 g/mol. The third kappa shape index (κ3) is 4.50. The molecule has 1 heterocycles. The topological polar surface area (TPSA) is 24.5 Å². The Balaban J connectivity index is 1.76. The van der Waals surface area contributed by atoms with E-state index in [0.29, 0.717) is 6.10 Å².